The van der Waals surface area contributed by atoms with Crippen LogP contribution in [0, 0.1) is 5.82 Å². The number of nitrogens with zero attached hydrogens (tertiary/aromatic N) is 4. The number of sulfonamides is 1. The molecule has 1 aliphatic carbocycles. The first-order chi connectivity index (χ1) is 12.0. The van der Waals surface area contributed by atoms with Crippen molar-refractivity contribution in [3.05, 3.63) is 35.9 Å². The van der Waals surface area contributed by atoms with Crippen LogP contribution in [0.25, 0.3) is 0 Å². The number of hydrogen-bond donors (Lipinski definition) is 0. The average molecular weight is 366 g/mol. The molecule has 25 heavy (non-hydrogen) atoms. The number of hydrogen-bond acceptors (Lipinski definition) is 5. The predicted molar refractivity (Wildman–Crippen MR) is 87.4 cm³/mol. The summed E-state index contributed by atoms with van der Waals surface area (Å²) in [5.74, 6) is -0.157. The van der Waals surface area contributed by atoms with Crippen LogP contribution in [0.3, 0.4) is 0 Å². The van der Waals surface area contributed by atoms with Gasteiger partial charge in [0, 0.05) is 25.2 Å². The van der Waals surface area contributed by atoms with Gasteiger partial charge in [0.05, 0.1) is 23.7 Å². The first-order valence-corrected chi connectivity index (χ1v) is 9.68. The Hall–Kier alpha value is -2.00. The zero-order chi connectivity index (χ0) is 17.6. The van der Waals surface area contributed by atoms with E-state index in [1.54, 1.807) is 4.68 Å². The molecule has 1 aromatic heterocycles. The molecule has 1 aliphatic heterocycles. The Kier molecular flexibility index (Phi) is 3.99. The fourth-order valence-corrected chi connectivity index (χ4v) is 4.64. The highest BCUT2D eigenvalue weighted by Crippen LogP contribution is 2.39. The normalized spacial score (nSPS) is 21.6. The van der Waals surface area contributed by atoms with E-state index >= 15 is 0 Å². The zero-order valence-corrected chi connectivity index (χ0v) is 14.6. The first kappa shape index (κ1) is 16.5. The van der Waals surface area contributed by atoms with Gasteiger partial charge < -0.3 is 4.74 Å². The Morgan fingerprint density at radius 3 is 2.76 bits per heavy atom. The van der Waals surface area contributed by atoms with Crippen LogP contribution in [0.2, 0.25) is 0 Å². The molecule has 0 radical (unpaired) electrons. The molecular weight excluding hydrogens is 347 g/mol. The molecule has 1 atom stereocenters. The minimum absolute atomic E-state index is 0.0217. The average Bonchev–Trinajstić information content (AvgIpc) is 3.12. The van der Waals surface area contributed by atoms with Gasteiger partial charge in [-0.25, -0.2) is 17.5 Å². The highest BCUT2D eigenvalue weighted by atomic mass is 32.2. The van der Waals surface area contributed by atoms with Crippen LogP contribution in [0.4, 0.5) is 4.39 Å². The second-order valence-electron chi connectivity index (χ2n) is 6.50. The van der Waals surface area contributed by atoms with Crippen molar-refractivity contribution in [3.8, 4) is 5.75 Å². The summed E-state index contributed by atoms with van der Waals surface area (Å²) in [6, 6.07) is 3.65. The van der Waals surface area contributed by atoms with E-state index < -0.39 is 15.8 Å². The molecule has 1 unspecified atom stereocenters. The highest BCUT2D eigenvalue weighted by molar-refractivity contribution is 7.89. The van der Waals surface area contributed by atoms with Crippen molar-refractivity contribution in [2.75, 3.05) is 20.2 Å². The lowest BCUT2D eigenvalue weighted by Crippen LogP contribution is -2.29. The minimum Gasteiger partial charge on any atom is -0.494 e. The Labute approximate surface area is 145 Å². The van der Waals surface area contributed by atoms with Gasteiger partial charge in [-0.2, -0.15) is 4.31 Å². The van der Waals surface area contributed by atoms with Gasteiger partial charge in [-0.05, 0) is 37.5 Å². The lowest BCUT2D eigenvalue weighted by Gasteiger charge is -2.17. The van der Waals surface area contributed by atoms with E-state index in [1.165, 1.54) is 23.5 Å². The molecule has 0 amide bonds. The van der Waals surface area contributed by atoms with Crippen molar-refractivity contribution in [3.63, 3.8) is 0 Å². The second-order valence-corrected chi connectivity index (χ2v) is 8.44. The van der Waals surface area contributed by atoms with Gasteiger partial charge >= 0.3 is 0 Å². The number of rotatable bonds is 5. The molecule has 1 saturated heterocycles. The van der Waals surface area contributed by atoms with Crippen molar-refractivity contribution in [1.29, 1.82) is 0 Å². The van der Waals surface area contributed by atoms with E-state index in [0.717, 1.165) is 24.6 Å². The third-order valence-electron chi connectivity index (χ3n) is 4.78. The Balaban J connectivity index is 1.52. The van der Waals surface area contributed by atoms with Gasteiger partial charge in [0.2, 0.25) is 10.0 Å². The summed E-state index contributed by atoms with van der Waals surface area (Å²) in [7, 11) is -2.41. The lowest BCUT2D eigenvalue weighted by molar-refractivity contribution is 0.385. The quantitative estimate of drug-likeness (QED) is 0.808. The molecule has 2 heterocycles. The van der Waals surface area contributed by atoms with E-state index in [4.69, 9.17) is 4.74 Å². The monoisotopic (exact) mass is 366 g/mol. The summed E-state index contributed by atoms with van der Waals surface area (Å²) >= 11 is 0. The second kappa shape index (κ2) is 6.06. The van der Waals surface area contributed by atoms with E-state index in [2.05, 4.69) is 10.3 Å². The predicted octanol–water partition coefficient (Wildman–Crippen LogP) is 1.94. The topological polar surface area (TPSA) is 77.3 Å². The molecule has 7 nitrogen and oxygen atoms in total. The van der Waals surface area contributed by atoms with Crippen molar-refractivity contribution in [2.45, 2.75) is 36.1 Å². The SMILES string of the molecule is COc1ccc(S(=O)(=O)N2CCC(n3cc(C4CC4)nn3)C2)cc1F. The third-order valence-corrected chi connectivity index (χ3v) is 6.65. The molecule has 2 aromatic rings. The Morgan fingerprint density at radius 2 is 2.08 bits per heavy atom. The van der Waals surface area contributed by atoms with Gasteiger partial charge in [-0.15, -0.1) is 5.10 Å². The lowest BCUT2D eigenvalue weighted by atomic mass is 10.2. The van der Waals surface area contributed by atoms with E-state index in [1.807, 2.05) is 6.20 Å². The molecule has 4 rings (SSSR count). The summed E-state index contributed by atoms with van der Waals surface area (Å²) in [5.41, 5.74) is 0.985. The molecule has 9 heteroatoms. The number of halogens is 1. The molecule has 2 aliphatic rings. The van der Waals surface area contributed by atoms with Gasteiger partial charge in [0.25, 0.3) is 0 Å². The maximum atomic E-state index is 13.9. The summed E-state index contributed by atoms with van der Waals surface area (Å²) in [6.45, 7) is 0.683. The number of benzene rings is 1. The van der Waals surface area contributed by atoms with Crippen molar-refractivity contribution in [1.82, 2.24) is 19.3 Å². The third kappa shape index (κ3) is 3.02. The van der Waals surface area contributed by atoms with Crippen LogP contribution in [-0.2, 0) is 10.0 Å². The number of aromatic nitrogens is 3. The Morgan fingerprint density at radius 1 is 1.28 bits per heavy atom. The fourth-order valence-electron chi connectivity index (χ4n) is 3.14. The van der Waals surface area contributed by atoms with Crippen LogP contribution in [0.5, 0.6) is 5.75 Å². The smallest absolute Gasteiger partial charge is 0.243 e. The molecule has 0 N–H and O–H groups in total. The molecular formula is C16H19FN4O3S. The maximum absolute atomic E-state index is 13.9. The van der Waals surface area contributed by atoms with Crippen LogP contribution in [0.15, 0.2) is 29.3 Å². The first-order valence-electron chi connectivity index (χ1n) is 8.24. The number of ether oxygens (including phenoxy) is 1. The summed E-state index contributed by atoms with van der Waals surface area (Å²) < 4.78 is 47.4. The van der Waals surface area contributed by atoms with Crippen molar-refractivity contribution >= 4 is 10.0 Å². The van der Waals surface area contributed by atoms with Gasteiger partial charge in [-0.1, -0.05) is 5.21 Å². The molecule has 1 aromatic carbocycles. The summed E-state index contributed by atoms with van der Waals surface area (Å²) in [5, 5.41) is 8.33. The van der Waals surface area contributed by atoms with Gasteiger partial charge in [0.1, 0.15) is 0 Å². The van der Waals surface area contributed by atoms with Crippen LogP contribution < -0.4 is 4.74 Å². The Bertz CT molecular complexity index is 895. The maximum Gasteiger partial charge on any atom is 0.243 e. The van der Waals surface area contributed by atoms with Crippen molar-refractivity contribution < 1.29 is 17.5 Å². The standard InChI is InChI=1S/C16H19FN4O3S/c1-24-16-5-4-13(8-14(16)17)25(22,23)20-7-6-12(9-20)21-10-15(18-19-21)11-2-3-11/h4-5,8,10-12H,2-3,6-7,9H2,1H3. The van der Waals surface area contributed by atoms with E-state index in [0.29, 0.717) is 25.4 Å². The number of methoxy groups -OCH3 is 1. The van der Waals surface area contributed by atoms with Crippen LogP contribution in [0.1, 0.15) is 36.9 Å². The molecule has 1 saturated carbocycles. The largest absolute Gasteiger partial charge is 0.494 e. The summed E-state index contributed by atoms with van der Waals surface area (Å²) in [6.07, 6.45) is 4.87. The molecule has 0 bridgehead atoms. The molecule has 0 spiro atoms. The summed E-state index contributed by atoms with van der Waals surface area (Å²) in [4.78, 5) is -0.0660. The molecule has 134 valence electrons. The van der Waals surface area contributed by atoms with E-state index in [9.17, 15) is 12.8 Å². The molecule has 2 fully saturated rings. The van der Waals surface area contributed by atoms with Crippen LogP contribution >= 0.6 is 0 Å². The fraction of sp³-hybridized carbons (Fsp3) is 0.500. The van der Waals surface area contributed by atoms with Gasteiger partial charge in [0.15, 0.2) is 11.6 Å². The zero-order valence-electron chi connectivity index (χ0n) is 13.8. The highest BCUT2D eigenvalue weighted by Gasteiger charge is 2.35. The van der Waals surface area contributed by atoms with Crippen LogP contribution in [-0.4, -0.2) is 47.9 Å². The minimum atomic E-state index is -3.75. The van der Waals surface area contributed by atoms with E-state index in [-0.39, 0.29) is 16.7 Å². The van der Waals surface area contributed by atoms with Gasteiger partial charge in [-0.3, -0.25) is 0 Å². The van der Waals surface area contributed by atoms with Crippen molar-refractivity contribution in [2.24, 2.45) is 0 Å².